The minimum Gasteiger partial charge on any atom is -0.598 e. The van der Waals surface area contributed by atoms with Gasteiger partial charge in [-0.3, -0.25) is 0 Å². The van der Waals surface area contributed by atoms with Crippen molar-refractivity contribution in [2.45, 2.75) is 44.9 Å². The Morgan fingerprint density at radius 1 is 1.30 bits per heavy atom. The standard InChI is InChI=1S/C16H23NO2S/c1-12(17(5)20(18)16(2,3)4)10-13-6-7-14-8-9-19-15(14)11-13/h6-9,11-12H,10H2,1-5H3/t12?,20-/m0/s1. The predicted molar refractivity (Wildman–Crippen MR) is 85.0 cm³/mol. The van der Waals surface area contributed by atoms with Crippen LogP contribution in [0.1, 0.15) is 33.3 Å². The Kier molecular flexibility index (Phi) is 4.47. The maximum absolute atomic E-state index is 12.4. The van der Waals surface area contributed by atoms with Gasteiger partial charge >= 0.3 is 0 Å². The molecular weight excluding hydrogens is 270 g/mol. The van der Waals surface area contributed by atoms with E-state index in [9.17, 15) is 4.55 Å². The first kappa shape index (κ1) is 15.4. The summed E-state index contributed by atoms with van der Waals surface area (Å²) in [5.74, 6) is 0. The van der Waals surface area contributed by atoms with Crippen LogP contribution < -0.4 is 0 Å². The Balaban J connectivity index is 2.08. The molecule has 0 aliphatic carbocycles. The second kappa shape index (κ2) is 5.80. The third kappa shape index (κ3) is 3.37. The largest absolute Gasteiger partial charge is 0.598 e. The molecule has 0 aliphatic heterocycles. The first-order chi connectivity index (χ1) is 9.29. The van der Waals surface area contributed by atoms with Gasteiger partial charge in [-0.05, 0) is 51.8 Å². The van der Waals surface area contributed by atoms with E-state index in [1.165, 1.54) is 5.56 Å². The van der Waals surface area contributed by atoms with Crippen LogP contribution in [0, 0.1) is 0 Å². The highest BCUT2D eigenvalue weighted by Gasteiger charge is 2.33. The number of hydrogen-bond donors (Lipinski definition) is 0. The molecule has 2 rings (SSSR count). The van der Waals surface area contributed by atoms with E-state index in [4.69, 9.17) is 4.42 Å². The molecule has 1 aromatic carbocycles. The molecule has 3 nitrogen and oxygen atoms in total. The number of likely N-dealkylation sites (N-methyl/N-ethyl adjacent to an activating group) is 1. The molecule has 0 amide bonds. The number of nitrogens with zero attached hydrogens (tertiary/aromatic N) is 1. The molecule has 0 aliphatic rings. The summed E-state index contributed by atoms with van der Waals surface area (Å²) in [6.07, 6.45) is 2.56. The molecule has 1 heterocycles. The summed E-state index contributed by atoms with van der Waals surface area (Å²) in [7, 11) is 1.93. The van der Waals surface area contributed by atoms with Crippen LogP contribution in [0.5, 0.6) is 0 Å². The van der Waals surface area contributed by atoms with Gasteiger partial charge in [-0.25, -0.2) is 0 Å². The van der Waals surface area contributed by atoms with Crippen molar-refractivity contribution in [3.8, 4) is 0 Å². The molecule has 110 valence electrons. The van der Waals surface area contributed by atoms with Crippen LogP contribution in [0.2, 0.25) is 0 Å². The lowest BCUT2D eigenvalue weighted by atomic mass is 10.1. The van der Waals surface area contributed by atoms with E-state index in [0.29, 0.717) is 0 Å². The van der Waals surface area contributed by atoms with E-state index in [-0.39, 0.29) is 10.8 Å². The van der Waals surface area contributed by atoms with Crippen LogP contribution in [0.3, 0.4) is 0 Å². The van der Waals surface area contributed by atoms with Crippen LogP contribution in [0.15, 0.2) is 34.9 Å². The normalized spacial score (nSPS) is 15.8. The number of benzene rings is 1. The molecular formula is C16H23NO2S. The molecule has 4 heteroatoms. The van der Waals surface area contributed by atoms with E-state index in [2.05, 4.69) is 25.1 Å². The number of furan rings is 1. The van der Waals surface area contributed by atoms with Crippen molar-refractivity contribution in [3.05, 3.63) is 36.1 Å². The van der Waals surface area contributed by atoms with Crippen molar-refractivity contribution in [1.82, 2.24) is 4.31 Å². The molecule has 1 aromatic heterocycles. The molecule has 0 saturated carbocycles. The van der Waals surface area contributed by atoms with Crippen LogP contribution in [0.4, 0.5) is 0 Å². The van der Waals surface area contributed by atoms with Gasteiger partial charge < -0.3 is 8.97 Å². The summed E-state index contributed by atoms with van der Waals surface area (Å²) in [6, 6.07) is 8.43. The van der Waals surface area contributed by atoms with E-state index in [1.54, 1.807) is 6.26 Å². The molecule has 2 atom stereocenters. The van der Waals surface area contributed by atoms with Crippen molar-refractivity contribution in [3.63, 3.8) is 0 Å². The van der Waals surface area contributed by atoms with Crippen molar-refractivity contribution in [2.75, 3.05) is 7.05 Å². The van der Waals surface area contributed by atoms with Gasteiger partial charge in [0.25, 0.3) is 0 Å². The fourth-order valence-electron chi connectivity index (χ4n) is 2.19. The quantitative estimate of drug-likeness (QED) is 0.806. The Labute approximate surface area is 124 Å². The number of rotatable bonds is 4. The summed E-state index contributed by atoms with van der Waals surface area (Å²) in [5, 5.41) is 1.12. The highest BCUT2D eigenvalue weighted by molar-refractivity contribution is 7.90. The van der Waals surface area contributed by atoms with Crippen molar-refractivity contribution in [1.29, 1.82) is 0 Å². The number of hydrogen-bond acceptors (Lipinski definition) is 3. The lowest BCUT2D eigenvalue weighted by molar-refractivity contribution is 0.372. The van der Waals surface area contributed by atoms with Crippen LogP contribution in [-0.2, 0) is 17.8 Å². The minimum absolute atomic E-state index is 0.211. The average Bonchev–Trinajstić information content (AvgIpc) is 2.83. The fraction of sp³-hybridized carbons (Fsp3) is 0.500. The molecule has 0 radical (unpaired) electrons. The van der Waals surface area contributed by atoms with Gasteiger partial charge in [0.15, 0.2) is 0 Å². The summed E-state index contributed by atoms with van der Waals surface area (Å²) in [4.78, 5) is 0. The summed E-state index contributed by atoms with van der Waals surface area (Å²) in [5.41, 5.74) is 2.12. The monoisotopic (exact) mass is 293 g/mol. The summed E-state index contributed by atoms with van der Waals surface area (Å²) in [6.45, 7) is 8.11. The van der Waals surface area contributed by atoms with E-state index >= 15 is 0 Å². The highest BCUT2D eigenvalue weighted by atomic mass is 32.2. The van der Waals surface area contributed by atoms with Gasteiger partial charge in [-0.1, -0.05) is 12.1 Å². The van der Waals surface area contributed by atoms with Gasteiger partial charge in [0.05, 0.1) is 12.3 Å². The smallest absolute Gasteiger partial charge is 0.137 e. The fourth-order valence-corrected chi connectivity index (χ4v) is 3.46. The maximum atomic E-state index is 12.4. The van der Waals surface area contributed by atoms with Gasteiger partial charge in [0.1, 0.15) is 10.3 Å². The Morgan fingerprint density at radius 2 is 2.00 bits per heavy atom. The van der Waals surface area contributed by atoms with Crippen LogP contribution in [-0.4, -0.2) is 26.7 Å². The molecule has 0 fully saturated rings. The minimum atomic E-state index is -0.995. The predicted octanol–water partition coefficient (Wildman–Crippen LogP) is 3.76. The van der Waals surface area contributed by atoms with Gasteiger partial charge in [-0.2, -0.15) is 0 Å². The second-order valence-corrected chi connectivity index (χ2v) is 8.55. The molecule has 0 saturated heterocycles. The third-order valence-corrected chi connectivity index (χ3v) is 5.39. The Hall–Kier alpha value is -0.970. The molecule has 1 unspecified atom stereocenters. The lowest BCUT2D eigenvalue weighted by Crippen LogP contribution is -2.45. The molecule has 0 N–H and O–H groups in total. The zero-order valence-electron chi connectivity index (χ0n) is 12.8. The summed E-state index contributed by atoms with van der Waals surface area (Å²) < 4.78 is 19.5. The first-order valence-electron chi connectivity index (χ1n) is 6.90. The van der Waals surface area contributed by atoms with Crippen molar-refractivity contribution < 1.29 is 8.97 Å². The Morgan fingerprint density at radius 3 is 2.65 bits per heavy atom. The zero-order valence-corrected chi connectivity index (χ0v) is 13.7. The average molecular weight is 293 g/mol. The van der Waals surface area contributed by atoms with E-state index in [1.807, 2.05) is 38.2 Å². The molecule has 20 heavy (non-hydrogen) atoms. The van der Waals surface area contributed by atoms with Gasteiger partial charge in [0.2, 0.25) is 0 Å². The van der Waals surface area contributed by atoms with Crippen LogP contribution >= 0.6 is 0 Å². The SMILES string of the molecule is CC(Cc1ccc2ccoc2c1)N(C)[S@@+]([O-])C(C)(C)C. The van der Waals surface area contributed by atoms with Crippen LogP contribution in [0.25, 0.3) is 11.0 Å². The van der Waals surface area contributed by atoms with Crippen molar-refractivity contribution >= 4 is 22.3 Å². The summed E-state index contributed by atoms with van der Waals surface area (Å²) >= 11 is -0.995. The molecule has 0 bridgehead atoms. The van der Waals surface area contributed by atoms with E-state index < -0.39 is 11.4 Å². The topological polar surface area (TPSA) is 39.4 Å². The van der Waals surface area contributed by atoms with Crippen molar-refractivity contribution in [2.24, 2.45) is 0 Å². The van der Waals surface area contributed by atoms with Gasteiger partial charge in [0, 0.05) is 23.8 Å². The zero-order chi connectivity index (χ0) is 14.9. The highest BCUT2D eigenvalue weighted by Crippen LogP contribution is 2.23. The van der Waals surface area contributed by atoms with E-state index in [0.717, 1.165) is 17.4 Å². The molecule has 2 aromatic rings. The second-order valence-electron chi connectivity index (χ2n) is 6.25. The third-order valence-electron chi connectivity index (χ3n) is 3.46. The number of fused-ring (bicyclic) bond motifs is 1. The lowest BCUT2D eigenvalue weighted by Gasteiger charge is -2.33. The Bertz CT molecular complexity index is 573. The maximum Gasteiger partial charge on any atom is 0.137 e. The first-order valence-corrected chi connectivity index (χ1v) is 8.00. The van der Waals surface area contributed by atoms with Gasteiger partial charge in [-0.15, -0.1) is 4.31 Å². The molecule has 0 spiro atoms.